The molecule has 0 spiro atoms. The molecule has 17 rings (SSSR count). The first-order chi connectivity index (χ1) is 46.6. The molecule has 4 nitrogen and oxygen atoms in total. The highest BCUT2D eigenvalue weighted by atomic mass is 15.1. The molecule has 0 radical (unpaired) electrons. The summed E-state index contributed by atoms with van der Waals surface area (Å²) in [5.41, 5.74) is 27.4. The van der Waals surface area contributed by atoms with Crippen molar-refractivity contribution in [3.8, 4) is 78.1 Å². The number of para-hydroxylation sites is 4. The fourth-order valence-electron chi connectivity index (χ4n) is 14.1. The third-order valence-electron chi connectivity index (χ3n) is 18.5. The van der Waals surface area contributed by atoms with Gasteiger partial charge < -0.3 is 18.9 Å². The van der Waals surface area contributed by atoms with E-state index in [4.69, 9.17) is 0 Å². The Morgan fingerprint density at radius 3 is 0.787 bits per heavy atom. The molecule has 0 aliphatic rings. The molecule has 0 bridgehead atoms. The van der Waals surface area contributed by atoms with Crippen LogP contribution in [-0.2, 0) is 0 Å². The van der Waals surface area contributed by atoms with Crippen LogP contribution >= 0.6 is 0 Å². The summed E-state index contributed by atoms with van der Waals surface area (Å²) < 4.78 is 4.78. The molecule has 0 atom stereocenters. The largest absolute Gasteiger partial charge is 0.310 e. The van der Waals surface area contributed by atoms with Gasteiger partial charge in [0.1, 0.15) is 0 Å². The quantitative estimate of drug-likeness (QED) is 0.108. The number of aromatic nitrogens is 2. The van der Waals surface area contributed by atoms with Crippen LogP contribution in [0.4, 0.5) is 34.1 Å². The van der Waals surface area contributed by atoms with Gasteiger partial charge in [-0.25, -0.2) is 0 Å². The summed E-state index contributed by atoms with van der Waals surface area (Å²) in [5, 5.41) is 4.96. The Balaban J connectivity index is 0.713. The number of fused-ring (bicyclic) bond motifs is 6. The predicted octanol–water partition coefficient (Wildman–Crippen LogP) is 24.8. The summed E-state index contributed by atoms with van der Waals surface area (Å²) in [4.78, 5) is 4.78. The van der Waals surface area contributed by atoms with Gasteiger partial charge in [-0.05, 0) is 188 Å². The molecule has 0 unspecified atom stereocenters. The Hall–Kier alpha value is -12.5. The average Bonchev–Trinajstić information content (AvgIpc) is 1.59. The van der Waals surface area contributed by atoms with E-state index in [2.05, 4.69) is 395 Å². The van der Waals surface area contributed by atoms with Crippen LogP contribution in [0.25, 0.3) is 122 Å². The highest BCUT2D eigenvalue weighted by molar-refractivity contribution is 6.17. The minimum atomic E-state index is 1.07. The lowest BCUT2D eigenvalue weighted by Crippen LogP contribution is -2.10. The van der Waals surface area contributed by atoms with E-state index in [9.17, 15) is 0 Å². The molecule has 4 heteroatoms. The number of hydrogen-bond acceptors (Lipinski definition) is 2. The monoisotopic (exact) mass is 1200 g/mol. The van der Waals surface area contributed by atoms with Gasteiger partial charge in [0.25, 0.3) is 0 Å². The van der Waals surface area contributed by atoms with E-state index in [-0.39, 0.29) is 0 Å². The maximum Gasteiger partial charge on any atom is 0.0547 e. The van der Waals surface area contributed by atoms with Crippen molar-refractivity contribution in [1.29, 1.82) is 0 Å². The second-order valence-electron chi connectivity index (χ2n) is 24.1. The van der Waals surface area contributed by atoms with Gasteiger partial charge in [-0.1, -0.05) is 255 Å². The van der Waals surface area contributed by atoms with Gasteiger partial charge >= 0.3 is 0 Å². The average molecular weight is 1200 g/mol. The van der Waals surface area contributed by atoms with Crippen LogP contribution in [0.5, 0.6) is 0 Å². The lowest BCUT2D eigenvalue weighted by Gasteiger charge is -2.27. The van der Waals surface area contributed by atoms with Crippen LogP contribution in [0.3, 0.4) is 0 Å². The number of nitrogens with zero attached hydrogens (tertiary/aromatic N) is 4. The Morgan fingerprint density at radius 1 is 0.170 bits per heavy atom. The fraction of sp³-hybridized carbons (Fsp3) is 0. The van der Waals surface area contributed by atoms with Crippen molar-refractivity contribution >= 4 is 77.7 Å². The molecule has 0 aliphatic heterocycles. The summed E-state index contributed by atoms with van der Waals surface area (Å²) in [6.45, 7) is 0. The summed E-state index contributed by atoms with van der Waals surface area (Å²) in [6, 6.07) is 137. The van der Waals surface area contributed by atoms with Crippen LogP contribution in [0.15, 0.2) is 376 Å². The molecule has 94 heavy (non-hydrogen) atoms. The SMILES string of the molecule is c1ccc(-c2cccc(N(c3ccc(-c4cccc5c4c4ccccc4n5-c4ccccc4)cc3)c3cccc(-c4ccc(-c5cccc(N(c6ccc(-c7cccc8c7c7ccccc7n8-c7ccccc7)cc6)c6cccc(-c7ccccc7)c6)c5)cc4)c3)c2)cc1. The minimum absolute atomic E-state index is 1.07. The van der Waals surface area contributed by atoms with Gasteiger partial charge in [-0.2, -0.15) is 0 Å². The highest BCUT2D eigenvalue weighted by Gasteiger charge is 2.22. The molecule has 2 heterocycles. The van der Waals surface area contributed by atoms with E-state index in [1.807, 2.05) is 0 Å². The van der Waals surface area contributed by atoms with Crippen LogP contribution < -0.4 is 9.80 Å². The van der Waals surface area contributed by atoms with Gasteiger partial charge in [-0.15, -0.1) is 0 Å². The molecule has 2 aromatic heterocycles. The maximum absolute atomic E-state index is 2.39. The second kappa shape index (κ2) is 24.0. The number of hydrogen-bond donors (Lipinski definition) is 0. The lowest BCUT2D eigenvalue weighted by atomic mass is 9.98. The second-order valence-corrected chi connectivity index (χ2v) is 24.1. The van der Waals surface area contributed by atoms with E-state index >= 15 is 0 Å². The first kappa shape index (κ1) is 55.6. The van der Waals surface area contributed by atoms with Crippen LogP contribution in [0.1, 0.15) is 0 Å². The van der Waals surface area contributed by atoms with Gasteiger partial charge in [0.15, 0.2) is 0 Å². The first-order valence-corrected chi connectivity index (χ1v) is 32.2. The highest BCUT2D eigenvalue weighted by Crippen LogP contribution is 2.45. The van der Waals surface area contributed by atoms with E-state index in [1.165, 1.54) is 65.9 Å². The van der Waals surface area contributed by atoms with Gasteiger partial charge in [0.05, 0.1) is 22.1 Å². The lowest BCUT2D eigenvalue weighted by molar-refractivity contribution is 1.18. The Kier molecular flexibility index (Phi) is 14.2. The van der Waals surface area contributed by atoms with Crippen molar-refractivity contribution in [2.45, 2.75) is 0 Å². The summed E-state index contributed by atoms with van der Waals surface area (Å²) in [7, 11) is 0. The smallest absolute Gasteiger partial charge is 0.0547 e. The molecule has 0 aliphatic carbocycles. The third-order valence-corrected chi connectivity index (χ3v) is 18.5. The van der Waals surface area contributed by atoms with Crippen LogP contribution in [0, 0.1) is 0 Å². The molecule has 0 saturated heterocycles. The van der Waals surface area contributed by atoms with Crippen molar-refractivity contribution in [3.63, 3.8) is 0 Å². The summed E-state index contributed by atoms with van der Waals surface area (Å²) in [5.74, 6) is 0. The molecule has 0 N–H and O–H groups in total. The van der Waals surface area contributed by atoms with Crippen molar-refractivity contribution in [3.05, 3.63) is 376 Å². The number of anilines is 6. The zero-order chi connectivity index (χ0) is 62.3. The van der Waals surface area contributed by atoms with Crippen molar-refractivity contribution in [2.24, 2.45) is 0 Å². The van der Waals surface area contributed by atoms with E-state index in [0.717, 1.165) is 90.0 Å². The zero-order valence-corrected chi connectivity index (χ0v) is 51.6. The predicted molar refractivity (Wildman–Crippen MR) is 397 cm³/mol. The van der Waals surface area contributed by atoms with E-state index in [0.29, 0.717) is 0 Å². The fourth-order valence-corrected chi connectivity index (χ4v) is 14.1. The number of benzene rings is 15. The molecule has 0 fully saturated rings. The standard InChI is InChI=1S/C90H62N4/c1-5-23-63(24-6-1)69-27-17-35-77(59-69)91(75-55-51-67(52-56-75)81-41-21-45-87-89(81)83-39-13-15-43-85(83)93(87)73-31-9-3-10-32-73)79-37-19-29-71(61-79)65-47-49-66(50-48-65)72-30-20-38-80(62-72)92(78-36-18-28-70(60-78)64-25-7-2-8-26-64)76-57-53-68(54-58-76)82-42-22-46-88-90(82)84-40-14-16-44-86(84)94(88)74-33-11-4-12-34-74/h1-62H. The molecular weight excluding hydrogens is 1140 g/mol. The molecular formula is C90H62N4. The Morgan fingerprint density at radius 2 is 0.436 bits per heavy atom. The third kappa shape index (κ3) is 10.2. The molecule has 0 amide bonds. The normalized spacial score (nSPS) is 11.4. The molecule has 0 saturated carbocycles. The zero-order valence-electron chi connectivity index (χ0n) is 51.6. The van der Waals surface area contributed by atoms with Gasteiger partial charge in [0, 0.05) is 67.0 Å². The first-order valence-electron chi connectivity index (χ1n) is 32.2. The van der Waals surface area contributed by atoms with Crippen molar-refractivity contribution in [2.75, 3.05) is 9.80 Å². The summed E-state index contributed by atoms with van der Waals surface area (Å²) >= 11 is 0. The summed E-state index contributed by atoms with van der Waals surface area (Å²) in [6.07, 6.45) is 0. The van der Waals surface area contributed by atoms with E-state index < -0.39 is 0 Å². The molecule has 17 aromatic rings. The van der Waals surface area contributed by atoms with Crippen molar-refractivity contribution < 1.29 is 0 Å². The Bertz CT molecular complexity index is 5230. The van der Waals surface area contributed by atoms with Crippen molar-refractivity contribution in [1.82, 2.24) is 9.13 Å². The molecule has 442 valence electrons. The van der Waals surface area contributed by atoms with Crippen LogP contribution in [0.2, 0.25) is 0 Å². The minimum Gasteiger partial charge on any atom is -0.310 e. The molecule has 15 aromatic carbocycles. The maximum atomic E-state index is 2.39. The topological polar surface area (TPSA) is 16.3 Å². The number of rotatable bonds is 14. The Labute approximate surface area is 547 Å². The van der Waals surface area contributed by atoms with Crippen LogP contribution in [-0.4, -0.2) is 9.13 Å². The van der Waals surface area contributed by atoms with E-state index in [1.54, 1.807) is 0 Å². The van der Waals surface area contributed by atoms with Gasteiger partial charge in [-0.3, -0.25) is 0 Å². The van der Waals surface area contributed by atoms with Gasteiger partial charge in [0.2, 0.25) is 0 Å².